The number of benzene rings is 4. The van der Waals surface area contributed by atoms with Crippen LogP contribution in [-0.2, 0) is 101 Å². The predicted octanol–water partition coefficient (Wildman–Crippen LogP) is -1.48. The second kappa shape index (κ2) is 51.6. The lowest BCUT2D eigenvalue weighted by Crippen LogP contribution is -2.65. The molecule has 2 heterocycles. The molecule has 718 valence electrons. The number of aryl methyl sites for hydroxylation is 1. The minimum Gasteiger partial charge on any atom is -0.492 e. The Morgan fingerprint density at radius 1 is 0.573 bits per heavy atom. The van der Waals surface area contributed by atoms with E-state index in [0.29, 0.717) is 45.1 Å². The number of ether oxygens (including phenoxy) is 1. The van der Waals surface area contributed by atoms with Gasteiger partial charge in [-0.15, -0.1) is 0 Å². The molecule has 131 heavy (non-hydrogen) atoms. The van der Waals surface area contributed by atoms with Crippen molar-refractivity contribution in [1.29, 1.82) is 0 Å². The van der Waals surface area contributed by atoms with Gasteiger partial charge >= 0.3 is 0 Å². The van der Waals surface area contributed by atoms with Crippen LogP contribution in [0.25, 0.3) is 21.7 Å². The first kappa shape index (κ1) is 108. The zero-order chi connectivity index (χ0) is 97.2. The highest BCUT2D eigenvalue weighted by Crippen LogP contribution is 2.47. The third kappa shape index (κ3) is 34.4. The van der Waals surface area contributed by atoms with Crippen LogP contribution in [-0.4, -0.2) is 237 Å². The predicted molar refractivity (Wildman–Crippen MR) is 495 cm³/mol. The Labute approximate surface area is 769 Å². The molecule has 28 N–H and O–H groups in total. The number of fused-ring (bicyclic) bond motifs is 2. The first-order valence-corrected chi connectivity index (χ1v) is 45.8. The van der Waals surface area contributed by atoms with Gasteiger partial charge in [-0.1, -0.05) is 108 Å². The maximum Gasteiger partial charge on any atom is 0.246 e. The van der Waals surface area contributed by atoms with E-state index in [1.54, 1.807) is 80.7 Å². The molecule has 0 aliphatic carbocycles. The Hall–Kier alpha value is -12.0. The zero-order valence-electron chi connectivity index (χ0n) is 76.1. The number of carbonyl (C=O) groups excluding carboxylic acids is 17. The number of aliphatic hydroxyl groups is 1. The van der Waals surface area contributed by atoms with Crippen molar-refractivity contribution in [2.75, 3.05) is 39.3 Å². The smallest absolute Gasteiger partial charge is 0.246 e. The monoisotopic (exact) mass is 1860 g/mol. The van der Waals surface area contributed by atoms with E-state index in [9.17, 15) is 57.8 Å². The Morgan fingerprint density at radius 2 is 1.17 bits per heavy atom. The second-order valence-electron chi connectivity index (χ2n) is 34.5. The fraction of sp³-hybridized carbons (Fsp3) is 0.539. The molecule has 0 spiro atoms. The molecule has 40 nitrogen and oxygen atoms in total. The summed E-state index contributed by atoms with van der Waals surface area (Å²) in [5.41, 5.74) is 35.1. The molecule has 6 rings (SSSR count). The third-order valence-electron chi connectivity index (χ3n) is 21.9. The molecule has 5 aromatic rings. The molecule has 0 bridgehead atoms. The number of primary amides is 3. The fourth-order valence-electron chi connectivity index (χ4n) is 14.6. The van der Waals surface area contributed by atoms with Gasteiger partial charge in [0.05, 0.1) is 25.5 Å². The van der Waals surface area contributed by atoms with Crippen molar-refractivity contribution in [3.8, 4) is 5.75 Å². The third-order valence-corrected chi connectivity index (χ3v) is 26.1. The van der Waals surface area contributed by atoms with Gasteiger partial charge in [0.25, 0.3) is 0 Å². The SMILES string of the molecule is CC(=O)NCCCC[C@H](NC(=O)[C@](C)(CCCCN)NC(=O)[C@H](Cc1ccc2ccccc2c1)NC(=O)[C@H](Cc1ccc(OCCN)cc1)NC(=O)[C@H]1NC(=O)[C@H](CCCCNC(=O)CN)NC(=O)[C@H](Cc2c[nH]c3c(C)cccc23)NC(=O)[C@H]([C@@H](C)O)NC(=O)[C@H](CC(N)=O)NC(=O)[C@@H](NC(C)=O)C(C)(C)SSC1(C)C)C(=O)N[C@@H](CC(N)=O)C(=O)N[C@H](CC(C)C)C(N)=O. The molecule has 13 atom stereocenters. The van der Waals surface area contributed by atoms with E-state index >= 15 is 28.8 Å². The largest absolute Gasteiger partial charge is 0.492 e. The number of carbonyl (C=O) groups is 17. The molecule has 1 aliphatic heterocycles. The summed E-state index contributed by atoms with van der Waals surface area (Å²) in [6.45, 7) is 16.6. The number of aromatic amines is 1. The van der Waals surface area contributed by atoms with Crippen molar-refractivity contribution in [3.63, 3.8) is 0 Å². The van der Waals surface area contributed by atoms with E-state index < -0.39 is 201 Å². The van der Waals surface area contributed by atoms with Crippen molar-refractivity contribution in [3.05, 3.63) is 113 Å². The van der Waals surface area contributed by atoms with Gasteiger partial charge in [-0.2, -0.15) is 0 Å². The van der Waals surface area contributed by atoms with Crippen LogP contribution >= 0.6 is 21.6 Å². The molecule has 0 radical (unpaired) electrons. The van der Waals surface area contributed by atoms with Crippen LogP contribution in [0.2, 0.25) is 0 Å². The summed E-state index contributed by atoms with van der Waals surface area (Å²) in [6, 6.07) is 5.64. The molecule has 0 saturated carbocycles. The molecule has 17 amide bonds. The summed E-state index contributed by atoms with van der Waals surface area (Å²) >= 11 is 0. The molecule has 1 aliphatic rings. The van der Waals surface area contributed by atoms with Gasteiger partial charge < -0.3 is 124 Å². The molecule has 1 saturated heterocycles. The first-order chi connectivity index (χ1) is 61.8. The highest BCUT2D eigenvalue weighted by Gasteiger charge is 2.47. The number of hydrogen-bond donors (Lipinski definition) is 22. The Balaban J connectivity index is 1.55. The van der Waals surface area contributed by atoms with Crippen LogP contribution in [0.3, 0.4) is 0 Å². The number of hydrogen-bond acceptors (Lipinski definition) is 24. The van der Waals surface area contributed by atoms with Crippen LogP contribution < -0.4 is 114 Å². The van der Waals surface area contributed by atoms with Crippen molar-refractivity contribution >= 4 is 144 Å². The van der Waals surface area contributed by atoms with E-state index in [-0.39, 0.29) is 122 Å². The average molecular weight is 1860 g/mol. The lowest BCUT2D eigenvalue weighted by atomic mass is 9.91. The molecule has 42 heteroatoms. The van der Waals surface area contributed by atoms with E-state index in [4.69, 9.17) is 39.1 Å². The molecule has 0 unspecified atom stereocenters. The molecule has 4 aromatic carbocycles. The Bertz CT molecular complexity index is 4860. The van der Waals surface area contributed by atoms with Gasteiger partial charge in [0.1, 0.15) is 84.4 Å². The molecule has 1 fully saturated rings. The fourth-order valence-corrected chi connectivity index (χ4v) is 17.4. The number of para-hydroxylation sites is 1. The number of rotatable bonds is 45. The van der Waals surface area contributed by atoms with E-state index in [1.165, 1.54) is 41.5 Å². The minimum absolute atomic E-state index is 0.0441. The van der Waals surface area contributed by atoms with Gasteiger partial charge in [-0.05, 0) is 170 Å². The van der Waals surface area contributed by atoms with E-state index in [2.05, 4.69) is 79.4 Å². The van der Waals surface area contributed by atoms with Gasteiger partial charge in [-0.25, -0.2) is 0 Å². The number of nitrogens with two attached hydrogens (primary N) is 6. The molecular formula is C89H131N21O19S2. The number of unbranched alkanes of at least 4 members (excludes halogenated alkanes) is 3. The van der Waals surface area contributed by atoms with Gasteiger partial charge in [0.15, 0.2) is 0 Å². The lowest BCUT2D eigenvalue weighted by molar-refractivity contribution is -0.138. The Morgan fingerprint density at radius 3 is 1.80 bits per heavy atom. The van der Waals surface area contributed by atoms with Crippen molar-refractivity contribution in [1.82, 2.24) is 79.4 Å². The standard InChI is InChI=1S/C89H131N21O19S2/c1-48(2)39-62(75(95)117)101-80(122)66(44-68(93)114)103-76(118)61(26-14-18-36-96-51(5)112)107-86(128)89(11,33-16-17-34-90)110-82(124)64(42-54-27-30-55-22-12-13-23-56(55)40-54)102-78(120)63(41-53-28-31-58(32-29-53)129-38-35-91)105-85(127)74-88(9,10)131-130-87(7,8)73(99-52(6)113)84(126)106-67(45-69(94)115)81(123)108-72(50(4)111)83(125)104-65(43-57-47-98-71-49(3)21-20-24-59(57)71)79(121)100-60(77(119)109-74)25-15-19-37-97-70(116)46-92/h12-13,20-24,27-32,40,47-48,50,60-67,72-74,98,111H,14-19,25-26,33-39,41-46,90-92H2,1-11H3,(H2,93,114)(H2,94,115)(H2,95,117)(H,96,112)(H,97,116)(H,99,113)(H,100,121)(H,101,122)(H,102,120)(H,103,118)(H,104,125)(H,105,127)(H,106,126)(H,107,128)(H,108,123)(H,109,119)(H,110,124)/t50-,60+,61+,62-,63+,64+,65+,66+,67+,72+,73-,74-,89+/m1/s1. The summed E-state index contributed by atoms with van der Waals surface area (Å²) < 4.78 is 2.56. The second-order valence-corrected chi connectivity index (χ2v) is 37.9. The van der Waals surface area contributed by atoms with Crippen molar-refractivity contribution < 1.29 is 91.4 Å². The normalized spacial score (nSPS) is 19.2. The van der Waals surface area contributed by atoms with Crippen LogP contribution in [0.5, 0.6) is 5.75 Å². The highest BCUT2D eigenvalue weighted by molar-refractivity contribution is 8.77. The summed E-state index contributed by atoms with van der Waals surface area (Å²) in [5, 5.41) is 50.9. The maximum absolute atomic E-state index is 16.4. The molecular weight excluding hydrogens is 1730 g/mol. The van der Waals surface area contributed by atoms with Crippen molar-refractivity contribution in [2.24, 2.45) is 40.3 Å². The van der Waals surface area contributed by atoms with Crippen LogP contribution in [0, 0.1) is 12.8 Å². The topological polar surface area (TPSA) is 660 Å². The van der Waals surface area contributed by atoms with Crippen LogP contribution in [0.15, 0.2) is 91.1 Å². The number of nitrogens with one attached hydrogen (secondary N) is 15. The first-order valence-electron chi connectivity index (χ1n) is 43.7. The van der Waals surface area contributed by atoms with Gasteiger partial charge in [-0.3, -0.25) is 81.5 Å². The molecule has 1 aromatic heterocycles. The summed E-state index contributed by atoms with van der Waals surface area (Å²) in [6.07, 6.45) is -2.23. The number of amides is 17. The van der Waals surface area contributed by atoms with Gasteiger partial charge in [0, 0.05) is 79.3 Å². The van der Waals surface area contributed by atoms with Crippen molar-refractivity contribution in [2.45, 2.75) is 260 Å². The van der Waals surface area contributed by atoms with E-state index in [1.807, 2.05) is 31.2 Å². The Kier molecular flexibility index (Phi) is 42.4. The zero-order valence-corrected chi connectivity index (χ0v) is 77.7. The van der Waals surface area contributed by atoms with E-state index in [0.717, 1.165) is 46.4 Å². The lowest BCUT2D eigenvalue weighted by Gasteiger charge is -2.39. The summed E-state index contributed by atoms with van der Waals surface area (Å²) in [4.78, 5) is 247. The quantitative estimate of drug-likeness (QED) is 0.0156. The highest BCUT2D eigenvalue weighted by atomic mass is 33.1. The van der Waals surface area contributed by atoms with Crippen LogP contribution in [0.1, 0.15) is 169 Å². The number of H-pyrrole nitrogens is 1. The summed E-state index contributed by atoms with van der Waals surface area (Å²) in [5.74, 6) is -16.0. The van der Waals surface area contributed by atoms with Gasteiger partial charge in [0.2, 0.25) is 100 Å². The summed E-state index contributed by atoms with van der Waals surface area (Å²) in [7, 11) is 1.80. The minimum atomic E-state index is -2.03. The van der Waals surface area contributed by atoms with Crippen LogP contribution in [0.4, 0.5) is 0 Å². The average Bonchev–Trinajstić information content (AvgIpc) is 1.79. The maximum atomic E-state index is 16.4. The number of aliphatic hydroxyl groups excluding tert-OH is 1. The number of aromatic nitrogens is 1.